The van der Waals surface area contributed by atoms with Gasteiger partial charge in [0.2, 0.25) is 5.43 Å². The van der Waals surface area contributed by atoms with E-state index in [0.717, 1.165) is 39.0 Å². The number of carboxylic acid groups (broad SMARTS) is 1. The van der Waals surface area contributed by atoms with Crippen LogP contribution in [0.25, 0.3) is 10.9 Å². The number of fused-ring (bicyclic) bond motifs is 1. The van der Waals surface area contributed by atoms with Gasteiger partial charge in [0.25, 0.3) is 0 Å². The molecule has 0 radical (unpaired) electrons. The Labute approximate surface area is 150 Å². The quantitative estimate of drug-likeness (QED) is 0.827. The van der Waals surface area contributed by atoms with Crippen LogP contribution in [0.3, 0.4) is 0 Å². The monoisotopic (exact) mass is 359 g/mol. The Kier molecular flexibility index (Phi) is 4.19. The second-order valence-electron chi connectivity index (χ2n) is 7.21. The Hall–Kier alpha value is -2.41. The van der Waals surface area contributed by atoms with Crippen molar-refractivity contribution >= 4 is 22.6 Å². The smallest absolute Gasteiger partial charge is 0.341 e. The predicted molar refractivity (Wildman–Crippen MR) is 97.6 cm³/mol. The number of aromatic carboxylic acids is 1. The fourth-order valence-corrected chi connectivity index (χ4v) is 3.65. The molecule has 2 heterocycles. The normalized spacial score (nSPS) is 17.5. The molecule has 2 fully saturated rings. The highest BCUT2D eigenvalue weighted by Crippen LogP contribution is 2.38. The topological polar surface area (TPSA) is 74.6 Å². The van der Waals surface area contributed by atoms with Crippen LogP contribution in [0.5, 0.6) is 0 Å². The average Bonchev–Trinajstić information content (AvgIpc) is 3.39. The van der Waals surface area contributed by atoms with E-state index in [1.165, 1.54) is 12.3 Å². The molecule has 6 nitrogen and oxygen atoms in total. The van der Waals surface area contributed by atoms with Crippen LogP contribution in [0, 0.1) is 11.7 Å². The van der Waals surface area contributed by atoms with Crippen LogP contribution in [-0.4, -0.2) is 41.8 Å². The van der Waals surface area contributed by atoms with E-state index < -0.39 is 17.2 Å². The molecule has 138 valence electrons. The third-order valence-electron chi connectivity index (χ3n) is 5.25. The maximum atomic E-state index is 14.7. The van der Waals surface area contributed by atoms with E-state index in [9.17, 15) is 19.1 Å². The molecule has 0 atom stereocenters. The number of carbonyl (C=O) groups is 1. The Balaban J connectivity index is 1.75. The van der Waals surface area contributed by atoms with Gasteiger partial charge >= 0.3 is 5.97 Å². The summed E-state index contributed by atoms with van der Waals surface area (Å²) in [5, 5.41) is 12.7. The zero-order valence-electron chi connectivity index (χ0n) is 14.7. The summed E-state index contributed by atoms with van der Waals surface area (Å²) in [4.78, 5) is 25.8. The Morgan fingerprint density at radius 3 is 2.69 bits per heavy atom. The molecule has 1 aliphatic carbocycles. The number of halogens is 1. The van der Waals surface area contributed by atoms with E-state index in [1.54, 1.807) is 6.07 Å². The molecule has 2 N–H and O–H groups in total. The zero-order chi connectivity index (χ0) is 18.4. The van der Waals surface area contributed by atoms with Crippen molar-refractivity contribution < 1.29 is 14.3 Å². The van der Waals surface area contributed by atoms with E-state index in [-0.39, 0.29) is 17.0 Å². The van der Waals surface area contributed by atoms with Gasteiger partial charge in [-0.05, 0) is 31.5 Å². The van der Waals surface area contributed by atoms with Crippen LogP contribution >= 0.6 is 0 Å². The number of nitrogens with zero attached hydrogens (tertiary/aromatic N) is 2. The van der Waals surface area contributed by atoms with Gasteiger partial charge in [-0.2, -0.15) is 0 Å². The summed E-state index contributed by atoms with van der Waals surface area (Å²) in [5.41, 5.74) is 0.186. The van der Waals surface area contributed by atoms with Crippen molar-refractivity contribution in [2.24, 2.45) is 5.92 Å². The minimum absolute atomic E-state index is 0.141. The van der Waals surface area contributed by atoms with Crippen LogP contribution in [0.2, 0.25) is 0 Å². The van der Waals surface area contributed by atoms with Crippen molar-refractivity contribution in [2.75, 3.05) is 31.1 Å². The number of hydrogen-bond acceptors (Lipinski definition) is 4. The van der Waals surface area contributed by atoms with E-state index in [4.69, 9.17) is 0 Å². The van der Waals surface area contributed by atoms with E-state index >= 15 is 0 Å². The second kappa shape index (κ2) is 6.39. The van der Waals surface area contributed by atoms with Crippen LogP contribution in [0.1, 0.15) is 36.2 Å². The highest BCUT2D eigenvalue weighted by molar-refractivity contribution is 5.93. The standard InChI is InChI=1S/C19H22FN3O3/c1-2-21-7-11-8-22(9-11)17-6-16-13(5-15(17)20)18(24)14(19(25)26)10-23(16)12-3-4-12/h5-6,10-12,21H,2-4,7-9H2,1H3,(H,25,26). The van der Waals surface area contributed by atoms with Gasteiger partial charge in [-0.25, -0.2) is 9.18 Å². The number of hydrogen-bond donors (Lipinski definition) is 2. The molecule has 1 saturated carbocycles. The summed E-state index contributed by atoms with van der Waals surface area (Å²) < 4.78 is 16.5. The summed E-state index contributed by atoms with van der Waals surface area (Å²) in [7, 11) is 0. The Morgan fingerprint density at radius 2 is 2.08 bits per heavy atom. The molecule has 26 heavy (non-hydrogen) atoms. The van der Waals surface area contributed by atoms with Gasteiger partial charge in [-0.15, -0.1) is 0 Å². The van der Waals surface area contributed by atoms with Gasteiger partial charge < -0.3 is 19.9 Å². The molecular weight excluding hydrogens is 337 g/mol. The van der Waals surface area contributed by atoms with Crippen molar-refractivity contribution in [1.29, 1.82) is 0 Å². The molecule has 1 aliphatic heterocycles. The fourth-order valence-electron chi connectivity index (χ4n) is 3.65. The van der Waals surface area contributed by atoms with Crippen molar-refractivity contribution in [3.05, 3.63) is 39.9 Å². The summed E-state index contributed by atoms with van der Waals surface area (Å²) in [6, 6.07) is 3.10. The van der Waals surface area contributed by atoms with E-state index in [0.29, 0.717) is 17.1 Å². The number of benzene rings is 1. The maximum Gasteiger partial charge on any atom is 0.341 e. The second-order valence-corrected chi connectivity index (χ2v) is 7.21. The lowest BCUT2D eigenvalue weighted by Crippen LogP contribution is -2.51. The highest BCUT2D eigenvalue weighted by Gasteiger charge is 2.31. The minimum Gasteiger partial charge on any atom is -0.477 e. The molecule has 1 saturated heterocycles. The van der Waals surface area contributed by atoms with E-state index in [2.05, 4.69) is 12.2 Å². The summed E-state index contributed by atoms with van der Waals surface area (Å²) in [5.74, 6) is -1.25. The molecule has 0 amide bonds. The van der Waals surface area contributed by atoms with Crippen molar-refractivity contribution in [1.82, 2.24) is 9.88 Å². The molecule has 1 aromatic heterocycles. The lowest BCUT2D eigenvalue weighted by Gasteiger charge is -2.41. The first kappa shape index (κ1) is 17.0. The van der Waals surface area contributed by atoms with Gasteiger partial charge in [0, 0.05) is 43.2 Å². The number of anilines is 1. The molecular formula is C19H22FN3O3. The van der Waals surface area contributed by atoms with Gasteiger partial charge in [0.05, 0.1) is 11.2 Å². The Bertz CT molecular complexity index is 930. The number of nitrogens with one attached hydrogen (secondary N) is 1. The lowest BCUT2D eigenvalue weighted by atomic mass is 9.98. The minimum atomic E-state index is -1.27. The maximum absolute atomic E-state index is 14.7. The average molecular weight is 359 g/mol. The van der Waals surface area contributed by atoms with Gasteiger partial charge in [-0.1, -0.05) is 6.92 Å². The number of rotatable bonds is 6. The molecule has 4 rings (SSSR count). The predicted octanol–water partition coefficient (Wildman–Crippen LogP) is 2.22. The molecule has 1 aromatic carbocycles. The Morgan fingerprint density at radius 1 is 1.35 bits per heavy atom. The van der Waals surface area contributed by atoms with Crippen LogP contribution < -0.4 is 15.6 Å². The van der Waals surface area contributed by atoms with Gasteiger partial charge in [-0.3, -0.25) is 4.79 Å². The fraction of sp³-hybridized carbons (Fsp3) is 0.474. The molecule has 2 aromatic rings. The molecule has 0 bridgehead atoms. The first-order valence-electron chi connectivity index (χ1n) is 9.07. The zero-order valence-corrected chi connectivity index (χ0v) is 14.7. The number of aromatic nitrogens is 1. The first-order valence-corrected chi connectivity index (χ1v) is 9.07. The molecule has 0 unspecified atom stereocenters. The largest absolute Gasteiger partial charge is 0.477 e. The van der Waals surface area contributed by atoms with Crippen LogP contribution in [0.15, 0.2) is 23.1 Å². The highest BCUT2D eigenvalue weighted by atomic mass is 19.1. The number of carboxylic acids is 1. The summed E-state index contributed by atoms with van der Waals surface area (Å²) in [6.45, 7) is 5.44. The van der Waals surface area contributed by atoms with E-state index in [1.807, 2.05) is 9.47 Å². The van der Waals surface area contributed by atoms with Crippen molar-refractivity contribution in [2.45, 2.75) is 25.8 Å². The summed E-state index contributed by atoms with van der Waals surface area (Å²) in [6.07, 6.45) is 3.30. The summed E-state index contributed by atoms with van der Waals surface area (Å²) >= 11 is 0. The third-order valence-corrected chi connectivity index (χ3v) is 5.25. The molecule has 7 heteroatoms. The van der Waals surface area contributed by atoms with Crippen molar-refractivity contribution in [3.8, 4) is 0 Å². The lowest BCUT2D eigenvalue weighted by molar-refractivity contribution is 0.0695. The van der Waals surface area contributed by atoms with Gasteiger partial charge in [0.1, 0.15) is 11.4 Å². The number of pyridine rings is 1. The van der Waals surface area contributed by atoms with Crippen molar-refractivity contribution in [3.63, 3.8) is 0 Å². The van der Waals surface area contributed by atoms with Gasteiger partial charge in [0.15, 0.2) is 0 Å². The van der Waals surface area contributed by atoms with Crippen LogP contribution in [0.4, 0.5) is 10.1 Å². The first-order chi connectivity index (χ1) is 12.5. The SMILES string of the molecule is CCNCC1CN(c2cc3c(cc2F)c(=O)c(C(=O)O)cn3C2CC2)C1. The molecule has 2 aliphatic rings. The third kappa shape index (κ3) is 2.86. The van der Waals surface area contributed by atoms with Crippen LogP contribution in [-0.2, 0) is 0 Å². The molecule has 0 spiro atoms.